The average molecular weight is 343 g/mol. The first-order chi connectivity index (χ1) is 12.0. The predicted octanol–water partition coefficient (Wildman–Crippen LogP) is 7.47. The Balaban J connectivity index is 0.00000134. The molecule has 0 aromatic heterocycles. The van der Waals surface area contributed by atoms with Crippen molar-refractivity contribution in [2.45, 2.75) is 74.7 Å². The van der Waals surface area contributed by atoms with Crippen LogP contribution in [0.5, 0.6) is 5.75 Å². The molecule has 2 aromatic carbocycles. The molecule has 0 saturated heterocycles. The molecule has 0 saturated carbocycles. The Morgan fingerprint density at radius 3 is 1.92 bits per heavy atom. The highest BCUT2D eigenvalue weighted by molar-refractivity contribution is 5.44. The molecule has 1 nitrogen and oxygen atoms in total. The summed E-state index contributed by atoms with van der Waals surface area (Å²) in [6.07, 6.45) is 0.991. The van der Waals surface area contributed by atoms with E-state index in [1.165, 1.54) is 27.8 Å². The van der Waals surface area contributed by atoms with Crippen LogP contribution in [-0.4, -0.2) is 6.61 Å². The second-order valence-electron chi connectivity index (χ2n) is 6.05. The van der Waals surface area contributed by atoms with Gasteiger partial charge < -0.3 is 4.74 Å². The fourth-order valence-corrected chi connectivity index (χ4v) is 2.75. The number of hydrogen-bond acceptors (Lipinski definition) is 1. The van der Waals surface area contributed by atoms with Crippen LogP contribution in [0, 0.1) is 13.8 Å². The number of rotatable bonds is 5. The van der Waals surface area contributed by atoms with Gasteiger partial charge in [0.25, 0.3) is 0 Å². The number of benzene rings is 2. The molecule has 0 aliphatic heterocycles. The normalized spacial score (nSPS) is 9.68. The van der Waals surface area contributed by atoms with Gasteiger partial charge in [0.2, 0.25) is 0 Å². The van der Waals surface area contributed by atoms with E-state index in [0.29, 0.717) is 12.5 Å². The summed E-state index contributed by atoms with van der Waals surface area (Å²) in [7, 11) is 0. The summed E-state index contributed by atoms with van der Waals surface area (Å²) >= 11 is 0. The van der Waals surface area contributed by atoms with Crippen LogP contribution in [0.2, 0.25) is 0 Å². The highest BCUT2D eigenvalue weighted by Crippen LogP contribution is 2.25. The summed E-state index contributed by atoms with van der Waals surface area (Å²) < 4.78 is 5.62. The fourth-order valence-electron chi connectivity index (χ4n) is 2.75. The van der Waals surface area contributed by atoms with Gasteiger partial charge in [-0.2, -0.15) is 0 Å². The van der Waals surface area contributed by atoms with Gasteiger partial charge in [-0.3, -0.25) is 0 Å². The average Bonchev–Trinajstić information content (AvgIpc) is 2.62. The minimum absolute atomic E-state index is 0.576. The Morgan fingerprint density at radius 1 is 0.880 bits per heavy atom. The van der Waals surface area contributed by atoms with Gasteiger partial charge in [0.15, 0.2) is 0 Å². The second kappa shape index (κ2) is 12.6. The molecule has 140 valence electrons. The zero-order chi connectivity index (χ0) is 19.4. The van der Waals surface area contributed by atoms with Crippen molar-refractivity contribution in [3.05, 3.63) is 64.2 Å². The smallest absolute Gasteiger partial charge is 0.119 e. The molecule has 0 aliphatic carbocycles. The van der Waals surface area contributed by atoms with Gasteiger partial charge in [0.1, 0.15) is 5.75 Å². The SMILES string of the molecule is CC.CC.CCOc1cc(C)c(Cc2cccc(C(C)C)c2)c(C)c1. The molecule has 0 fully saturated rings. The molecule has 2 rings (SSSR count). The monoisotopic (exact) mass is 342 g/mol. The predicted molar refractivity (Wildman–Crippen MR) is 113 cm³/mol. The molecule has 0 spiro atoms. The van der Waals surface area contributed by atoms with Crippen molar-refractivity contribution in [1.29, 1.82) is 0 Å². The molecule has 2 aromatic rings. The maximum atomic E-state index is 5.62. The van der Waals surface area contributed by atoms with Crippen molar-refractivity contribution in [2.24, 2.45) is 0 Å². The Labute approximate surface area is 156 Å². The molecule has 0 aliphatic rings. The van der Waals surface area contributed by atoms with Gasteiger partial charge in [-0.1, -0.05) is 65.8 Å². The minimum atomic E-state index is 0.576. The van der Waals surface area contributed by atoms with Crippen LogP contribution in [-0.2, 0) is 6.42 Å². The molecule has 0 heterocycles. The lowest BCUT2D eigenvalue weighted by Crippen LogP contribution is -2.00. The van der Waals surface area contributed by atoms with E-state index in [4.69, 9.17) is 4.74 Å². The van der Waals surface area contributed by atoms with Crippen LogP contribution >= 0.6 is 0 Å². The van der Waals surface area contributed by atoms with Gasteiger partial charge in [-0.15, -0.1) is 0 Å². The second-order valence-corrected chi connectivity index (χ2v) is 6.05. The summed E-state index contributed by atoms with van der Waals surface area (Å²) in [5, 5.41) is 0. The van der Waals surface area contributed by atoms with E-state index >= 15 is 0 Å². The van der Waals surface area contributed by atoms with E-state index in [0.717, 1.165) is 12.2 Å². The van der Waals surface area contributed by atoms with E-state index in [1.807, 2.05) is 34.6 Å². The number of ether oxygens (including phenoxy) is 1. The van der Waals surface area contributed by atoms with E-state index in [9.17, 15) is 0 Å². The van der Waals surface area contributed by atoms with Gasteiger partial charge in [0, 0.05) is 0 Å². The Kier molecular flexibility index (Phi) is 11.7. The van der Waals surface area contributed by atoms with Crippen molar-refractivity contribution < 1.29 is 4.74 Å². The number of hydrogen-bond donors (Lipinski definition) is 0. The largest absolute Gasteiger partial charge is 0.494 e. The zero-order valence-electron chi connectivity index (χ0n) is 17.9. The summed E-state index contributed by atoms with van der Waals surface area (Å²) in [5.41, 5.74) is 6.84. The molecule has 0 N–H and O–H groups in total. The van der Waals surface area contributed by atoms with Gasteiger partial charge in [-0.25, -0.2) is 0 Å². The molecule has 0 amide bonds. The van der Waals surface area contributed by atoms with Crippen molar-refractivity contribution in [1.82, 2.24) is 0 Å². The molecule has 0 unspecified atom stereocenters. The Bertz CT molecular complexity index is 588. The van der Waals surface area contributed by atoms with Crippen molar-refractivity contribution in [3.8, 4) is 5.75 Å². The lowest BCUT2D eigenvalue weighted by Gasteiger charge is -2.14. The van der Waals surface area contributed by atoms with E-state index in [2.05, 4.69) is 64.1 Å². The van der Waals surface area contributed by atoms with E-state index in [-0.39, 0.29) is 0 Å². The van der Waals surface area contributed by atoms with Gasteiger partial charge in [-0.05, 0) is 73.1 Å². The molecular weight excluding hydrogens is 304 g/mol. The van der Waals surface area contributed by atoms with Crippen LogP contribution < -0.4 is 4.74 Å². The topological polar surface area (TPSA) is 9.23 Å². The summed E-state index contributed by atoms with van der Waals surface area (Å²) in [4.78, 5) is 0. The summed E-state index contributed by atoms with van der Waals surface area (Å²) in [6, 6.07) is 13.2. The van der Waals surface area contributed by atoms with Gasteiger partial charge >= 0.3 is 0 Å². The number of aryl methyl sites for hydroxylation is 2. The molecule has 0 atom stereocenters. The molecule has 0 bridgehead atoms. The zero-order valence-corrected chi connectivity index (χ0v) is 17.9. The highest BCUT2D eigenvalue weighted by atomic mass is 16.5. The van der Waals surface area contributed by atoms with Crippen LogP contribution in [0.15, 0.2) is 36.4 Å². The lowest BCUT2D eigenvalue weighted by atomic mass is 9.93. The van der Waals surface area contributed by atoms with Crippen LogP contribution in [0.25, 0.3) is 0 Å². The van der Waals surface area contributed by atoms with Gasteiger partial charge in [0.05, 0.1) is 6.61 Å². The van der Waals surface area contributed by atoms with Crippen LogP contribution in [0.3, 0.4) is 0 Å². The fraction of sp³-hybridized carbons (Fsp3) is 0.500. The summed E-state index contributed by atoms with van der Waals surface area (Å²) in [5.74, 6) is 1.56. The van der Waals surface area contributed by atoms with Crippen LogP contribution in [0.1, 0.15) is 82.2 Å². The van der Waals surface area contributed by atoms with Crippen molar-refractivity contribution in [2.75, 3.05) is 6.61 Å². The molecule has 1 heteroatoms. The molecular formula is C24H38O. The first-order valence-electron chi connectivity index (χ1n) is 9.83. The molecule has 25 heavy (non-hydrogen) atoms. The Morgan fingerprint density at radius 2 is 1.44 bits per heavy atom. The third-order valence-corrected chi connectivity index (χ3v) is 3.98. The molecule has 0 radical (unpaired) electrons. The third kappa shape index (κ3) is 7.34. The first-order valence-corrected chi connectivity index (χ1v) is 9.83. The maximum absolute atomic E-state index is 5.62. The third-order valence-electron chi connectivity index (χ3n) is 3.98. The maximum Gasteiger partial charge on any atom is 0.119 e. The van der Waals surface area contributed by atoms with Crippen LogP contribution in [0.4, 0.5) is 0 Å². The highest BCUT2D eigenvalue weighted by Gasteiger charge is 2.08. The van der Waals surface area contributed by atoms with Crippen molar-refractivity contribution in [3.63, 3.8) is 0 Å². The van der Waals surface area contributed by atoms with E-state index in [1.54, 1.807) is 0 Å². The first kappa shape index (κ1) is 23.2. The van der Waals surface area contributed by atoms with Crippen molar-refractivity contribution >= 4 is 0 Å². The Hall–Kier alpha value is -1.76. The minimum Gasteiger partial charge on any atom is -0.494 e. The standard InChI is InChI=1S/C20H26O.2C2H6/c1-6-21-19-10-15(4)20(16(5)11-19)13-17-8-7-9-18(12-17)14(2)3;2*1-2/h7-12,14H,6,13H2,1-5H3;2*1-2H3. The lowest BCUT2D eigenvalue weighted by molar-refractivity contribution is 0.339. The van der Waals surface area contributed by atoms with E-state index < -0.39 is 0 Å². The summed E-state index contributed by atoms with van der Waals surface area (Å²) in [6.45, 7) is 19.6. The quantitative estimate of drug-likeness (QED) is 0.547.